The van der Waals surface area contributed by atoms with Gasteiger partial charge in [0, 0.05) is 47.7 Å². The number of rotatable bonds is 11. The molecule has 5 rings (SSSR count). The summed E-state index contributed by atoms with van der Waals surface area (Å²) < 4.78 is 0. The number of amides is 3. The molecule has 0 radical (unpaired) electrons. The molecule has 0 fully saturated rings. The number of thiazole rings is 1. The quantitative estimate of drug-likeness (QED) is 0.0932. The van der Waals surface area contributed by atoms with Crippen molar-refractivity contribution in [3.63, 3.8) is 0 Å². The molecule has 4 aromatic carbocycles. The van der Waals surface area contributed by atoms with E-state index >= 15 is 0 Å². The normalized spacial score (nSPS) is 11.9. The molecule has 1 atom stereocenters. The summed E-state index contributed by atoms with van der Waals surface area (Å²) in [5.41, 5.74) is 2.82. The smallest absolute Gasteiger partial charge is 0.272 e. The van der Waals surface area contributed by atoms with Crippen LogP contribution in [0.3, 0.4) is 0 Å². The molecule has 0 saturated carbocycles. The van der Waals surface area contributed by atoms with Crippen molar-refractivity contribution in [3.05, 3.63) is 134 Å². The van der Waals surface area contributed by atoms with Gasteiger partial charge in [0.1, 0.15) is 5.70 Å². The van der Waals surface area contributed by atoms with E-state index in [-0.39, 0.29) is 11.6 Å². The predicted molar refractivity (Wildman–Crippen MR) is 195 cm³/mol. The van der Waals surface area contributed by atoms with Crippen molar-refractivity contribution in [1.29, 1.82) is 0 Å². The molecule has 238 valence electrons. The number of carbonyl (C=O) groups is 3. The minimum atomic E-state index is -0.586. The molecule has 0 spiro atoms. The van der Waals surface area contributed by atoms with E-state index < -0.39 is 17.1 Å². The standard InChI is InChI=1S/C35H27Cl3N4O3S2/c1-2-31(34(45)42-35-41-30(20-46-35)21-14-16-23(36)17-15-21)47-25-11-6-10-24(18-25)39-33(44)29(19-26-27(37)12-7-13-28(26)38)40-32(43)22-8-4-3-5-9-22/h3-20,31H,2H2,1H3,(H,39,44)(H,40,43)(H,41,42,45)/b29-19+. The molecule has 3 N–H and O–H groups in total. The molecular weight excluding hydrogens is 695 g/mol. The van der Waals surface area contributed by atoms with E-state index in [1.54, 1.807) is 78.9 Å². The monoisotopic (exact) mass is 720 g/mol. The number of hydrogen-bond acceptors (Lipinski definition) is 6. The Hall–Kier alpha value is -4.12. The second-order valence-electron chi connectivity index (χ2n) is 10.0. The van der Waals surface area contributed by atoms with Crippen molar-refractivity contribution < 1.29 is 14.4 Å². The summed E-state index contributed by atoms with van der Waals surface area (Å²) in [5.74, 6) is -1.25. The average Bonchev–Trinajstić information content (AvgIpc) is 3.53. The van der Waals surface area contributed by atoms with Crippen LogP contribution in [0.15, 0.2) is 113 Å². The van der Waals surface area contributed by atoms with Gasteiger partial charge in [0.2, 0.25) is 5.91 Å². The first-order chi connectivity index (χ1) is 22.7. The maximum atomic E-state index is 13.6. The first-order valence-corrected chi connectivity index (χ1v) is 17.2. The lowest BCUT2D eigenvalue weighted by atomic mass is 10.1. The summed E-state index contributed by atoms with van der Waals surface area (Å²) in [6, 6.07) is 27.9. The van der Waals surface area contributed by atoms with E-state index in [4.69, 9.17) is 34.8 Å². The maximum absolute atomic E-state index is 13.6. The van der Waals surface area contributed by atoms with Crippen LogP contribution in [0.2, 0.25) is 15.1 Å². The van der Waals surface area contributed by atoms with Gasteiger partial charge in [0.25, 0.3) is 11.8 Å². The summed E-state index contributed by atoms with van der Waals surface area (Å²) in [6.45, 7) is 1.93. The first-order valence-electron chi connectivity index (χ1n) is 14.3. The molecule has 47 heavy (non-hydrogen) atoms. The third kappa shape index (κ3) is 9.24. The second-order valence-corrected chi connectivity index (χ2v) is 13.4. The molecule has 0 bridgehead atoms. The average molecular weight is 722 g/mol. The lowest BCUT2D eigenvalue weighted by Gasteiger charge is -2.15. The van der Waals surface area contributed by atoms with Crippen molar-refractivity contribution in [2.45, 2.75) is 23.5 Å². The summed E-state index contributed by atoms with van der Waals surface area (Å²) in [5, 5.41) is 11.7. The molecule has 1 heterocycles. The number of nitrogens with zero attached hydrogens (tertiary/aromatic N) is 1. The Labute approximate surface area is 295 Å². The van der Waals surface area contributed by atoms with Crippen molar-refractivity contribution >= 4 is 92.5 Å². The fourth-order valence-corrected chi connectivity index (χ4v) is 6.71. The minimum Gasteiger partial charge on any atom is -0.321 e. The minimum absolute atomic E-state index is 0.0564. The van der Waals surface area contributed by atoms with Crippen LogP contribution in [-0.2, 0) is 9.59 Å². The Morgan fingerprint density at radius 3 is 2.28 bits per heavy atom. The molecule has 0 aliphatic carbocycles. The highest BCUT2D eigenvalue weighted by molar-refractivity contribution is 8.00. The highest BCUT2D eigenvalue weighted by Crippen LogP contribution is 2.31. The number of hydrogen-bond donors (Lipinski definition) is 3. The number of benzene rings is 4. The molecule has 12 heteroatoms. The van der Waals surface area contributed by atoms with Gasteiger partial charge in [-0.1, -0.05) is 84.2 Å². The van der Waals surface area contributed by atoms with E-state index in [9.17, 15) is 14.4 Å². The number of anilines is 2. The maximum Gasteiger partial charge on any atom is 0.272 e. The Morgan fingerprint density at radius 2 is 1.57 bits per heavy atom. The van der Waals surface area contributed by atoms with Crippen LogP contribution in [0.5, 0.6) is 0 Å². The van der Waals surface area contributed by atoms with Crippen LogP contribution in [0.4, 0.5) is 10.8 Å². The van der Waals surface area contributed by atoms with Gasteiger partial charge in [-0.3, -0.25) is 14.4 Å². The zero-order valence-corrected chi connectivity index (χ0v) is 28.7. The topological polar surface area (TPSA) is 100 Å². The number of halogens is 3. The van der Waals surface area contributed by atoms with Crippen LogP contribution in [-0.4, -0.2) is 28.0 Å². The number of nitrogens with one attached hydrogen (secondary N) is 3. The van der Waals surface area contributed by atoms with E-state index in [1.807, 2.05) is 30.5 Å². The van der Waals surface area contributed by atoms with E-state index in [1.165, 1.54) is 29.2 Å². The van der Waals surface area contributed by atoms with E-state index in [0.717, 1.165) is 16.2 Å². The lowest BCUT2D eigenvalue weighted by molar-refractivity contribution is -0.116. The third-order valence-corrected chi connectivity index (χ3v) is 9.75. The van der Waals surface area contributed by atoms with E-state index in [0.29, 0.717) is 43.4 Å². The van der Waals surface area contributed by atoms with Crippen LogP contribution in [0, 0.1) is 0 Å². The SMILES string of the molecule is CCC(Sc1cccc(NC(=O)/C(=C\c2c(Cl)cccc2Cl)NC(=O)c2ccccc2)c1)C(=O)Nc1nc(-c2ccc(Cl)cc2)cs1. The molecule has 0 aliphatic rings. The fraction of sp³-hybridized carbons (Fsp3) is 0.0857. The zero-order chi connectivity index (χ0) is 33.3. The van der Waals surface area contributed by atoms with Gasteiger partial charge in [0.05, 0.1) is 10.9 Å². The van der Waals surface area contributed by atoms with Crippen molar-refractivity contribution in [1.82, 2.24) is 10.3 Å². The summed E-state index contributed by atoms with van der Waals surface area (Å²) in [6.07, 6.45) is 1.99. The molecule has 1 aromatic heterocycles. The Morgan fingerprint density at radius 1 is 0.872 bits per heavy atom. The molecule has 7 nitrogen and oxygen atoms in total. The van der Waals surface area contributed by atoms with Crippen molar-refractivity contribution in [3.8, 4) is 11.3 Å². The van der Waals surface area contributed by atoms with E-state index in [2.05, 4.69) is 20.9 Å². The number of carbonyl (C=O) groups excluding carboxylic acids is 3. The van der Waals surface area contributed by atoms with Crippen LogP contribution in [0.25, 0.3) is 17.3 Å². The zero-order valence-electron chi connectivity index (χ0n) is 24.8. The van der Waals surface area contributed by atoms with Gasteiger partial charge in [-0.25, -0.2) is 4.98 Å². The molecule has 0 saturated heterocycles. The summed E-state index contributed by atoms with van der Waals surface area (Å²) >= 11 is 21.4. The molecule has 0 aliphatic heterocycles. The van der Waals surface area contributed by atoms with Crippen LogP contribution < -0.4 is 16.0 Å². The Balaban J connectivity index is 1.29. The number of aromatic nitrogens is 1. The Kier molecular flexibility index (Phi) is 11.7. The van der Waals surface area contributed by atoms with Crippen LogP contribution >= 0.6 is 57.9 Å². The summed E-state index contributed by atoms with van der Waals surface area (Å²) in [4.78, 5) is 45.1. The molecule has 3 amide bonds. The van der Waals surface area contributed by atoms with Gasteiger partial charge in [-0.05, 0) is 67.1 Å². The van der Waals surface area contributed by atoms with Crippen LogP contribution in [0.1, 0.15) is 29.3 Å². The van der Waals surface area contributed by atoms with Gasteiger partial charge < -0.3 is 16.0 Å². The molecule has 5 aromatic rings. The first kappa shape index (κ1) is 34.2. The predicted octanol–water partition coefficient (Wildman–Crippen LogP) is 9.69. The second kappa shape index (κ2) is 16.1. The van der Waals surface area contributed by atoms with Crippen molar-refractivity contribution in [2.24, 2.45) is 0 Å². The molecular formula is C35H27Cl3N4O3S2. The molecule has 1 unspecified atom stereocenters. The lowest BCUT2D eigenvalue weighted by Crippen LogP contribution is -2.30. The van der Waals surface area contributed by atoms with Gasteiger partial charge in [0.15, 0.2) is 5.13 Å². The Bertz CT molecular complexity index is 1910. The largest absolute Gasteiger partial charge is 0.321 e. The van der Waals surface area contributed by atoms with Gasteiger partial charge in [-0.15, -0.1) is 23.1 Å². The van der Waals surface area contributed by atoms with Crippen molar-refractivity contribution in [2.75, 3.05) is 10.6 Å². The summed E-state index contributed by atoms with van der Waals surface area (Å²) in [7, 11) is 0. The van der Waals surface area contributed by atoms with Gasteiger partial charge >= 0.3 is 0 Å². The van der Waals surface area contributed by atoms with Gasteiger partial charge in [-0.2, -0.15) is 0 Å². The fourth-order valence-electron chi connectivity index (χ4n) is 4.34. The third-order valence-electron chi connectivity index (χ3n) is 6.72. The highest BCUT2D eigenvalue weighted by Gasteiger charge is 2.21. The number of thioether (sulfide) groups is 1. The highest BCUT2D eigenvalue weighted by atomic mass is 35.5.